The molecule has 37 heavy (non-hydrogen) atoms. The number of aromatic nitrogens is 1. The van der Waals surface area contributed by atoms with Crippen molar-refractivity contribution in [1.29, 1.82) is 0 Å². The van der Waals surface area contributed by atoms with Crippen molar-refractivity contribution in [2.45, 2.75) is 11.8 Å². The lowest BCUT2D eigenvalue weighted by molar-refractivity contribution is -0.576. The summed E-state index contributed by atoms with van der Waals surface area (Å²) >= 11 is 5.64. The third-order valence-corrected chi connectivity index (χ3v) is 7.93. The molecule has 1 fully saturated rings. The molecule has 2 heterocycles. The van der Waals surface area contributed by atoms with Crippen molar-refractivity contribution in [3.63, 3.8) is 0 Å². The molecule has 0 saturated carbocycles. The molecule has 2 N–H and O–H groups in total. The van der Waals surface area contributed by atoms with Gasteiger partial charge in [0.1, 0.15) is 0 Å². The number of ether oxygens (including phenoxy) is 1. The highest BCUT2D eigenvalue weighted by atomic mass is 32.2. The molecule has 0 aliphatic carbocycles. The number of sulfonamides is 1. The maximum absolute atomic E-state index is 12.9. The Morgan fingerprint density at radius 3 is 2.35 bits per heavy atom. The first-order valence-corrected chi connectivity index (χ1v) is 13.2. The highest BCUT2D eigenvalue weighted by molar-refractivity contribution is 7.89. The Kier molecular flexibility index (Phi) is 7.93. The largest absolute Gasteiger partial charge is 0.502 e. The predicted octanol–water partition coefficient (Wildman–Crippen LogP) is 3.53. The number of nitro benzene ring substituents is 1. The van der Waals surface area contributed by atoms with Crippen LogP contribution in [0.25, 0.3) is 11.5 Å². The van der Waals surface area contributed by atoms with Gasteiger partial charge in [0.25, 0.3) is 11.4 Å². The van der Waals surface area contributed by atoms with Crippen LogP contribution < -0.4 is 9.88 Å². The molecule has 0 unspecified atom stereocenters. The van der Waals surface area contributed by atoms with Gasteiger partial charge in [0.05, 0.1) is 23.0 Å². The van der Waals surface area contributed by atoms with Gasteiger partial charge in [-0.2, -0.15) is 8.87 Å². The molecule has 1 aliphatic rings. The Labute approximate surface area is 219 Å². The number of aryl methyl sites for hydroxylation is 1. The second kappa shape index (κ2) is 11.1. The van der Waals surface area contributed by atoms with Crippen molar-refractivity contribution in [2.24, 2.45) is 0 Å². The van der Waals surface area contributed by atoms with E-state index >= 15 is 0 Å². The molecule has 0 bridgehead atoms. The third-order valence-electron chi connectivity index (χ3n) is 5.72. The van der Waals surface area contributed by atoms with Gasteiger partial charge in [0.15, 0.2) is 23.1 Å². The molecule has 1 aliphatic heterocycles. The van der Waals surface area contributed by atoms with Gasteiger partial charge in [-0.25, -0.2) is 8.42 Å². The first-order valence-electron chi connectivity index (χ1n) is 11.3. The smallest absolute Gasteiger partial charge is 0.288 e. The molecule has 4 rings (SSSR count). The number of non-ortho nitro benzene ring substituents is 1. The summed E-state index contributed by atoms with van der Waals surface area (Å²) < 4.78 is 34.1. The van der Waals surface area contributed by atoms with Crippen molar-refractivity contribution < 1.29 is 27.8 Å². The van der Waals surface area contributed by atoms with Crippen molar-refractivity contribution in [1.82, 2.24) is 4.31 Å². The molecule has 1 saturated heterocycles. The zero-order chi connectivity index (χ0) is 26.6. The van der Waals surface area contributed by atoms with Crippen LogP contribution in [0.15, 0.2) is 78.0 Å². The summed E-state index contributed by atoms with van der Waals surface area (Å²) in [5.41, 5.74) is 1.92. The van der Waals surface area contributed by atoms with Gasteiger partial charge in [0.2, 0.25) is 10.0 Å². The highest BCUT2D eigenvalue weighted by Crippen LogP contribution is 2.23. The normalized spacial score (nSPS) is 15.1. The van der Waals surface area contributed by atoms with Gasteiger partial charge >= 0.3 is 0 Å². The fourth-order valence-electron chi connectivity index (χ4n) is 3.79. The number of aliphatic hydroxyl groups excluding tert-OH is 1. The summed E-state index contributed by atoms with van der Waals surface area (Å²) in [4.78, 5) is 10.8. The Bertz CT molecular complexity index is 1450. The Balaban J connectivity index is 1.64. The second-order valence-electron chi connectivity index (χ2n) is 8.28. The van der Waals surface area contributed by atoms with E-state index in [1.165, 1.54) is 40.7 Å². The Morgan fingerprint density at radius 2 is 1.76 bits per heavy atom. The molecule has 192 valence electrons. The summed E-state index contributed by atoms with van der Waals surface area (Å²) in [6.07, 6.45) is 3.50. The summed E-state index contributed by atoms with van der Waals surface area (Å²) in [5.74, 6) is -0.186. The van der Waals surface area contributed by atoms with Gasteiger partial charge in [-0.15, -0.1) is 0 Å². The van der Waals surface area contributed by atoms with E-state index < -0.39 is 14.9 Å². The van der Waals surface area contributed by atoms with E-state index in [4.69, 9.17) is 17.0 Å². The number of aliphatic hydroxyl groups is 1. The summed E-state index contributed by atoms with van der Waals surface area (Å²) in [6, 6.07) is 15.4. The van der Waals surface area contributed by atoms with Crippen molar-refractivity contribution >= 4 is 50.1 Å². The number of pyridine rings is 1. The van der Waals surface area contributed by atoms with Crippen LogP contribution in [0.1, 0.15) is 11.1 Å². The number of nitrogens with zero attached hydrogens (tertiary/aromatic N) is 3. The number of hydrogen-bond acceptors (Lipinski definition) is 7. The van der Waals surface area contributed by atoms with Gasteiger partial charge in [-0.05, 0) is 49.4 Å². The highest BCUT2D eigenvalue weighted by Gasteiger charge is 2.27. The van der Waals surface area contributed by atoms with Crippen LogP contribution in [0.3, 0.4) is 0 Å². The Hall–Kier alpha value is -3.71. The minimum Gasteiger partial charge on any atom is -0.502 e. The summed E-state index contributed by atoms with van der Waals surface area (Å²) in [6.45, 7) is 3.21. The van der Waals surface area contributed by atoms with Gasteiger partial charge in [-0.3, -0.25) is 10.1 Å². The van der Waals surface area contributed by atoms with Gasteiger partial charge in [-0.1, -0.05) is 12.2 Å². The molecule has 1 aromatic heterocycles. The van der Waals surface area contributed by atoms with E-state index in [9.17, 15) is 23.6 Å². The molecule has 10 nitrogen and oxygen atoms in total. The number of nitrogens with one attached hydrogen (secondary N) is 1. The lowest BCUT2D eigenvalue weighted by Gasteiger charge is -2.26. The minimum absolute atomic E-state index is 0.103. The van der Waals surface area contributed by atoms with Crippen LogP contribution in [-0.4, -0.2) is 54.0 Å². The topological polar surface area (TPSA) is 126 Å². The third kappa shape index (κ3) is 6.00. The predicted molar refractivity (Wildman–Crippen MR) is 142 cm³/mol. The zero-order valence-corrected chi connectivity index (χ0v) is 21.5. The van der Waals surface area contributed by atoms with Gasteiger partial charge in [0, 0.05) is 48.1 Å². The molecule has 3 aromatic rings. The Morgan fingerprint density at radius 1 is 1.11 bits per heavy atom. The molecule has 0 radical (unpaired) electrons. The minimum atomic E-state index is -3.64. The molecule has 0 spiro atoms. The quantitative estimate of drug-likeness (QED) is 0.116. The van der Waals surface area contributed by atoms with Crippen LogP contribution in [0.5, 0.6) is 0 Å². The molecule has 12 heteroatoms. The zero-order valence-electron chi connectivity index (χ0n) is 19.9. The lowest BCUT2D eigenvalue weighted by Crippen LogP contribution is -2.40. The monoisotopic (exact) mass is 541 g/mol. The number of anilines is 1. The maximum Gasteiger partial charge on any atom is 0.288 e. The summed E-state index contributed by atoms with van der Waals surface area (Å²) in [5, 5.41) is 25.2. The van der Waals surface area contributed by atoms with Gasteiger partial charge < -0.3 is 15.2 Å². The first-order chi connectivity index (χ1) is 17.7. The first kappa shape index (κ1) is 26.4. The van der Waals surface area contributed by atoms with Crippen LogP contribution >= 0.6 is 12.2 Å². The average Bonchev–Trinajstić information content (AvgIpc) is 2.89. The average molecular weight is 542 g/mol. The standard InChI is InChI=1S/C25H24N4O6S2/c1-18-3-2-12-27(17-18)23(24(30)19-4-8-21(9-5-19)29(31)32)25(36)26-20-6-10-22(11-7-20)37(33,34)28-13-15-35-16-14-28/h2-12,17H,13-16H2,1H3,(H-,26,30,36)/p+1. The van der Waals surface area contributed by atoms with Crippen LogP contribution in [0.2, 0.25) is 0 Å². The van der Waals surface area contributed by atoms with E-state index in [1.54, 1.807) is 35.2 Å². The fraction of sp³-hybridized carbons (Fsp3) is 0.200. The number of hydrogen-bond donors (Lipinski definition) is 2. The molecule has 2 aromatic carbocycles. The number of morpholine rings is 1. The fourth-order valence-corrected chi connectivity index (χ4v) is 5.52. The lowest BCUT2D eigenvalue weighted by atomic mass is 10.1. The van der Waals surface area contributed by atoms with Crippen molar-refractivity contribution in [3.05, 3.63) is 94.3 Å². The number of rotatable bonds is 7. The van der Waals surface area contributed by atoms with Crippen LogP contribution in [0.4, 0.5) is 11.4 Å². The van der Waals surface area contributed by atoms with Crippen LogP contribution in [-0.2, 0) is 14.8 Å². The molecular weight excluding hydrogens is 516 g/mol. The van der Waals surface area contributed by atoms with Crippen molar-refractivity contribution in [3.8, 4) is 0 Å². The summed E-state index contributed by atoms with van der Waals surface area (Å²) in [7, 11) is -3.64. The second-order valence-corrected chi connectivity index (χ2v) is 10.6. The van der Waals surface area contributed by atoms with Crippen LogP contribution in [0, 0.1) is 17.0 Å². The SMILES string of the molecule is Cc1ccc[n+](C(C(=S)Nc2ccc(S(=O)(=O)N3CCOCC3)cc2)=C(O)c2ccc([N+](=O)[O-])cc2)c1. The molecular formula is C25H25N4O6S2+. The van der Waals surface area contributed by atoms with E-state index in [0.29, 0.717) is 37.6 Å². The number of thiocarbonyl (C=S) groups is 1. The van der Waals surface area contributed by atoms with E-state index in [0.717, 1.165) is 5.56 Å². The van der Waals surface area contributed by atoms with E-state index in [2.05, 4.69) is 5.32 Å². The number of benzene rings is 2. The van der Waals surface area contributed by atoms with E-state index in [1.807, 2.05) is 13.0 Å². The molecule has 0 atom stereocenters. The van der Waals surface area contributed by atoms with E-state index in [-0.39, 0.29) is 27.0 Å². The maximum atomic E-state index is 12.9. The van der Waals surface area contributed by atoms with Crippen molar-refractivity contribution in [2.75, 3.05) is 31.6 Å². The number of nitro groups is 1. The molecule has 0 amide bonds.